The third-order valence-electron chi connectivity index (χ3n) is 2.40. The first-order valence-electron chi connectivity index (χ1n) is 5.39. The second-order valence-corrected chi connectivity index (χ2v) is 3.93. The maximum Gasteiger partial charge on any atom is 0.106 e. The summed E-state index contributed by atoms with van der Waals surface area (Å²) in [7, 11) is 0. The average molecular weight is 194 g/mol. The first kappa shape index (κ1) is 13.2. The molecule has 0 N–H and O–H groups in total. The van der Waals surface area contributed by atoms with Crippen molar-refractivity contribution in [3.8, 4) is 0 Å². The molecule has 0 aliphatic heterocycles. The van der Waals surface area contributed by atoms with Crippen LogP contribution in [-0.4, -0.2) is 6.79 Å². The van der Waals surface area contributed by atoms with E-state index in [0.717, 1.165) is 0 Å². The fourth-order valence-electron chi connectivity index (χ4n) is 1.68. The van der Waals surface area contributed by atoms with E-state index in [2.05, 4.69) is 26.0 Å². The van der Waals surface area contributed by atoms with Gasteiger partial charge in [0.05, 0.1) is 0 Å². The van der Waals surface area contributed by atoms with Crippen LogP contribution in [-0.2, 0) is 4.79 Å². The lowest BCUT2D eigenvalue weighted by atomic mass is 9.96. The van der Waals surface area contributed by atoms with E-state index in [1.165, 1.54) is 44.1 Å². The summed E-state index contributed by atoms with van der Waals surface area (Å²) >= 11 is 0. The molecule has 1 nitrogen and oxygen atoms in total. The minimum Gasteiger partial charge on any atom is -0.307 e. The van der Waals surface area contributed by atoms with Gasteiger partial charge in [-0.15, -0.1) is 0 Å². The summed E-state index contributed by atoms with van der Waals surface area (Å²) in [5.74, 6) is 0. The van der Waals surface area contributed by atoms with Crippen molar-refractivity contribution in [3.63, 3.8) is 0 Å². The Balaban J connectivity index is 0.000000791. The van der Waals surface area contributed by atoms with Gasteiger partial charge in [0.2, 0.25) is 0 Å². The Bertz CT molecular complexity index is 197. The van der Waals surface area contributed by atoms with E-state index in [1.807, 2.05) is 6.79 Å². The standard InChI is InChI=1S/C12H20.CH2O/c1-11(2)7-6-10-12-8-4-3-5-9-12;1-2/h7-8H,3-6,9-10H2,1-2H3;1H2. The quantitative estimate of drug-likeness (QED) is 0.619. The molecule has 14 heavy (non-hydrogen) atoms. The van der Waals surface area contributed by atoms with E-state index in [1.54, 1.807) is 5.57 Å². The van der Waals surface area contributed by atoms with Gasteiger partial charge in [0.1, 0.15) is 6.79 Å². The number of allylic oxidation sites excluding steroid dienone is 4. The van der Waals surface area contributed by atoms with Crippen molar-refractivity contribution in [2.75, 3.05) is 0 Å². The van der Waals surface area contributed by atoms with E-state index in [0.29, 0.717) is 0 Å². The number of hydrogen-bond donors (Lipinski definition) is 0. The number of carbonyl (C=O) groups excluding carboxylic acids is 1. The molecule has 0 bridgehead atoms. The fraction of sp³-hybridized carbons (Fsp3) is 0.615. The molecule has 0 heterocycles. The summed E-state index contributed by atoms with van der Waals surface area (Å²) in [5, 5.41) is 0. The number of hydrogen-bond acceptors (Lipinski definition) is 1. The van der Waals surface area contributed by atoms with Crippen LogP contribution in [0.15, 0.2) is 23.3 Å². The van der Waals surface area contributed by atoms with Gasteiger partial charge in [-0.1, -0.05) is 23.3 Å². The van der Waals surface area contributed by atoms with Gasteiger partial charge in [0.25, 0.3) is 0 Å². The van der Waals surface area contributed by atoms with Crippen LogP contribution in [0.3, 0.4) is 0 Å². The number of carbonyl (C=O) groups is 1. The van der Waals surface area contributed by atoms with E-state index in [4.69, 9.17) is 4.79 Å². The van der Waals surface area contributed by atoms with E-state index in [9.17, 15) is 0 Å². The van der Waals surface area contributed by atoms with E-state index < -0.39 is 0 Å². The average Bonchev–Trinajstić information content (AvgIpc) is 2.22. The highest BCUT2D eigenvalue weighted by Gasteiger charge is 2.01. The lowest BCUT2D eigenvalue weighted by Gasteiger charge is -2.11. The zero-order valence-electron chi connectivity index (χ0n) is 9.51. The highest BCUT2D eigenvalue weighted by molar-refractivity contribution is 5.11. The molecular formula is C13H22O. The lowest BCUT2D eigenvalue weighted by Crippen LogP contribution is -1.91. The molecule has 0 saturated carbocycles. The van der Waals surface area contributed by atoms with Crippen LogP contribution in [0, 0.1) is 0 Å². The highest BCUT2D eigenvalue weighted by Crippen LogP contribution is 2.21. The molecule has 0 aromatic heterocycles. The van der Waals surface area contributed by atoms with Crippen LogP contribution >= 0.6 is 0 Å². The monoisotopic (exact) mass is 194 g/mol. The fourth-order valence-corrected chi connectivity index (χ4v) is 1.68. The van der Waals surface area contributed by atoms with Crippen molar-refractivity contribution in [2.45, 2.75) is 52.4 Å². The van der Waals surface area contributed by atoms with Crippen molar-refractivity contribution in [1.82, 2.24) is 0 Å². The van der Waals surface area contributed by atoms with Crippen LogP contribution in [0.4, 0.5) is 0 Å². The Morgan fingerprint density at radius 3 is 2.64 bits per heavy atom. The maximum absolute atomic E-state index is 8.00. The second kappa shape index (κ2) is 8.74. The van der Waals surface area contributed by atoms with Crippen molar-refractivity contribution >= 4 is 6.79 Å². The van der Waals surface area contributed by atoms with Gasteiger partial charge in [-0.05, 0) is 52.4 Å². The first-order chi connectivity index (χ1) is 6.79. The van der Waals surface area contributed by atoms with E-state index >= 15 is 0 Å². The smallest absolute Gasteiger partial charge is 0.106 e. The maximum atomic E-state index is 8.00. The van der Waals surface area contributed by atoms with Crippen molar-refractivity contribution < 1.29 is 4.79 Å². The Morgan fingerprint density at radius 2 is 2.14 bits per heavy atom. The Hall–Kier alpha value is -0.850. The zero-order valence-corrected chi connectivity index (χ0v) is 9.51. The van der Waals surface area contributed by atoms with Crippen LogP contribution in [0.25, 0.3) is 0 Å². The molecule has 0 aromatic carbocycles. The summed E-state index contributed by atoms with van der Waals surface area (Å²) in [4.78, 5) is 8.00. The third-order valence-corrected chi connectivity index (χ3v) is 2.40. The van der Waals surface area contributed by atoms with Gasteiger partial charge >= 0.3 is 0 Å². The molecule has 80 valence electrons. The highest BCUT2D eigenvalue weighted by atomic mass is 16.1. The van der Waals surface area contributed by atoms with Gasteiger partial charge in [-0.3, -0.25) is 0 Å². The predicted molar refractivity (Wildman–Crippen MR) is 62.3 cm³/mol. The van der Waals surface area contributed by atoms with Gasteiger partial charge < -0.3 is 4.79 Å². The summed E-state index contributed by atoms with van der Waals surface area (Å²) < 4.78 is 0. The lowest BCUT2D eigenvalue weighted by molar-refractivity contribution is -0.0979. The largest absolute Gasteiger partial charge is 0.307 e. The van der Waals surface area contributed by atoms with Crippen molar-refractivity contribution in [1.29, 1.82) is 0 Å². The van der Waals surface area contributed by atoms with Crippen LogP contribution in [0.2, 0.25) is 0 Å². The molecule has 0 unspecified atom stereocenters. The van der Waals surface area contributed by atoms with Crippen LogP contribution < -0.4 is 0 Å². The molecule has 0 fully saturated rings. The van der Waals surface area contributed by atoms with Crippen LogP contribution in [0.5, 0.6) is 0 Å². The van der Waals surface area contributed by atoms with Crippen molar-refractivity contribution in [3.05, 3.63) is 23.3 Å². The van der Waals surface area contributed by atoms with E-state index in [-0.39, 0.29) is 0 Å². The third kappa shape index (κ3) is 6.64. The predicted octanol–water partition coefficient (Wildman–Crippen LogP) is 4.05. The molecule has 1 heteroatoms. The summed E-state index contributed by atoms with van der Waals surface area (Å²) in [5.41, 5.74) is 3.14. The molecule has 0 spiro atoms. The first-order valence-corrected chi connectivity index (χ1v) is 5.39. The Kier molecular flexibility index (Phi) is 8.20. The molecule has 1 aliphatic rings. The molecule has 0 aromatic rings. The van der Waals surface area contributed by atoms with Gasteiger partial charge in [0.15, 0.2) is 0 Å². The SMILES string of the molecule is C=O.CC(C)=CCCC1=CCCCC1. The minimum atomic E-state index is 1.24. The molecule has 1 rings (SSSR count). The second-order valence-electron chi connectivity index (χ2n) is 3.93. The Labute approximate surface area is 87.9 Å². The Morgan fingerprint density at radius 1 is 1.43 bits per heavy atom. The zero-order chi connectivity index (χ0) is 10.8. The topological polar surface area (TPSA) is 17.1 Å². The molecule has 0 atom stereocenters. The van der Waals surface area contributed by atoms with Gasteiger partial charge in [-0.25, -0.2) is 0 Å². The molecule has 1 aliphatic carbocycles. The molecule has 0 radical (unpaired) electrons. The minimum absolute atomic E-state index is 1.24. The van der Waals surface area contributed by atoms with Crippen molar-refractivity contribution in [2.24, 2.45) is 0 Å². The summed E-state index contributed by atoms with van der Waals surface area (Å²) in [6.07, 6.45) is 12.8. The summed E-state index contributed by atoms with van der Waals surface area (Å²) in [6, 6.07) is 0. The molecular weight excluding hydrogens is 172 g/mol. The van der Waals surface area contributed by atoms with Gasteiger partial charge in [-0.2, -0.15) is 0 Å². The van der Waals surface area contributed by atoms with Crippen LogP contribution in [0.1, 0.15) is 52.4 Å². The number of rotatable bonds is 3. The molecule has 0 amide bonds. The van der Waals surface area contributed by atoms with Gasteiger partial charge in [0, 0.05) is 0 Å². The molecule has 0 saturated heterocycles. The summed E-state index contributed by atoms with van der Waals surface area (Å²) in [6.45, 7) is 6.35. The normalized spacial score (nSPS) is 14.9.